The lowest BCUT2D eigenvalue weighted by atomic mass is 10.2. The number of hydrogen-bond donors (Lipinski definition) is 1. The fourth-order valence-electron chi connectivity index (χ4n) is 2.81. The van der Waals surface area contributed by atoms with Crippen molar-refractivity contribution >= 4 is 31.9 Å². The molecule has 25 heavy (non-hydrogen) atoms. The number of benzene rings is 1. The van der Waals surface area contributed by atoms with Gasteiger partial charge in [0.25, 0.3) is 5.91 Å². The predicted molar refractivity (Wildman–Crippen MR) is 98.3 cm³/mol. The Morgan fingerprint density at radius 1 is 1.32 bits per heavy atom. The van der Waals surface area contributed by atoms with Gasteiger partial charge in [0.05, 0.1) is 28.9 Å². The van der Waals surface area contributed by atoms with Gasteiger partial charge in [-0.05, 0) is 37.6 Å². The molecule has 3 rings (SSSR count). The minimum atomic E-state index is -3.13. The smallest absolute Gasteiger partial charge is 0.254 e. The van der Waals surface area contributed by atoms with Crippen LogP contribution in [0.2, 0.25) is 0 Å². The molecule has 1 aromatic heterocycles. The molecule has 1 amide bonds. The van der Waals surface area contributed by atoms with Crippen LogP contribution in [0.3, 0.4) is 0 Å². The summed E-state index contributed by atoms with van der Waals surface area (Å²) in [4.78, 5) is 12.4. The molecule has 9 heteroatoms. The Morgan fingerprint density at radius 3 is 2.68 bits per heavy atom. The van der Waals surface area contributed by atoms with Crippen LogP contribution in [0, 0.1) is 6.92 Å². The molecule has 2 aromatic rings. The van der Waals surface area contributed by atoms with Gasteiger partial charge in [0.2, 0.25) is 10.0 Å². The monoisotopic (exact) mass is 426 g/mol. The van der Waals surface area contributed by atoms with E-state index in [0.29, 0.717) is 25.1 Å². The second-order valence-electron chi connectivity index (χ2n) is 5.86. The fraction of sp³-hybridized carbons (Fsp3) is 0.375. The first-order chi connectivity index (χ1) is 11.9. The molecule has 1 aliphatic rings. The minimum absolute atomic E-state index is 0.194. The average Bonchev–Trinajstić information content (AvgIpc) is 3.11. The number of halogens is 1. The number of sulfonamides is 1. The van der Waals surface area contributed by atoms with Crippen molar-refractivity contribution in [2.24, 2.45) is 0 Å². The van der Waals surface area contributed by atoms with Crippen molar-refractivity contribution in [3.8, 4) is 5.69 Å². The summed E-state index contributed by atoms with van der Waals surface area (Å²) in [7, 11) is -3.13. The Balaban J connectivity index is 1.64. The Hall–Kier alpha value is -1.71. The summed E-state index contributed by atoms with van der Waals surface area (Å²) in [5, 5.41) is 7.05. The molecule has 0 atom stereocenters. The van der Waals surface area contributed by atoms with Gasteiger partial charge in [-0.25, -0.2) is 17.4 Å². The van der Waals surface area contributed by atoms with Gasteiger partial charge in [-0.3, -0.25) is 4.79 Å². The van der Waals surface area contributed by atoms with Crippen molar-refractivity contribution in [2.45, 2.75) is 13.3 Å². The third-order valence-electron chi connectivity index (χ3n) is 4.18. The molecule has 0 spiro atoms. The van der Waals surface area contributed by atoms with E-state index in [1.807, 2.05) is 31.2 Å². The zero-order chi connectivity index (χ0) is 18.0. The maximum Gasteiger partial charge on any atom is 0.254 e. The van der Waals surface area contributed by atoms with Crippen LogP contribution in [-0.2, 0) is 10.0 Å². The Kier molecular flexibility index (Phi) is 5.26. The molecule has 0 saturated carbocycles. The third-order valence-corrected chi connectivity index (χ3v) is 6.66. The number of rotatable bonds is 5. The van der Waals surface area contributed by atoms with Gasteiger partial charge in [-0.2, -0.15) is 5.10 Å². The molecule has 0 aliphatic carbocycles. The molecule has 1 saturated heterocycles. The minimum Gasteiger partial charge on any atom is -0.351 e. The first-order valence-electron chi connectivity index (χ1n) is 7.95. The highest BCUT2D eigenvalue weighted by atomic mass is 79.9. The summed E-state index contributed by atoms with van der Waals surface area (Å²) in [6.45, 7) is 2.93. The summed E-state index contributed by atoms with van der Waals surface area (Å²) < 4.78 is 27.6. The summed E-state index contributed by atoms with van der Waals surface area (Å²) >= 11 is 3.39. The van der Waals surface area contributed by atoms with Gasteiger partial charge in [-0.1, -0.05) is 15.9 Å². The third kappa shape index (κ3) is 3.94. The quantitative estimate of drug-likeness (QED) is 0.788. The zero-order valence-electron chi connectivity index (χ0n) is 13.8. The second-order valence-corrected chi connectivity index (χ2v) is 8.86. The largest absolute Gasteiger partial charge is 0.351 e. The first-order valence-corrected chi connectivity index (χ1v) is 10.4. The standard InChI is InChI=1S/C16H19BrN4O3S/c1-12-15(11-19-21(12)14-5-3-13(17)4-6-14)16(22)18-7-9-20-8-2-10-25(20,23)24/h3-6,11H,2,7-10H2,1H3,(H,18,22). The molecular formula is C16H19BrN4O3S. The molecule has 1 aliphatic heterocycles. The number of aromatic nitrogens is 2. The van der Waals surface area contributed by atoms with Gasteiger partial charge in [0.15, 0.2) is 0 Å². The van der Waals surface area contributed by atoms with Crippen LogP contribution < -0.4 is 5.32 Å². The number of nitrogens with one attached hydrogen (secondary N) is 1. The van der Waals surface area contributed by atoms with Crippen molar-refractivity contribution in [1.82, 2.24) is 19.4 Å². The molecule has 0 unspecified atom stereocenters. The number of carbonyl (C=O) groups is 1. The van der Waals surface area contributed by atoms with Crippen LogP contribution in [0.15, 0.2) is 34.9 Å². The van der Waals surface area contributed by atoms with E-state index in [-0.39, 0.29) is 18.2 Å². The van der Waals surface area contributed by atoms with Crippen molar-refractivity contribution in [2.75, 3.05) is 25.4 Å². The molecule has 2 heterocycles. The summed E-state index contributed by atoms with van der Waals surface area (Å²) in [6.07, 6.45) is 2.18. The SMILES string of the molecule is Cc1c(C(=O)NCCN2CCCS2(=O)=O)cnn1-c1ccc(Br)cc1. The van der Waals surface area contributed by atoms with Gasteiger partial charge in [0, 0.05) is 24.1 Å². The number of hydrogen-bond acceptors (Lipinski definition) is 4. The second kappa shape index (κ2) is 7.27. The molecule has 0 radical (unpaired) electrons. The van der Waals surface area contributed by atoms with Gasteiger partial charge < -0.3 is 5.32 Å². The molecular weight excluding hydrogens is 408 g/mol. The van der Waals surface area contributed by atoms with E-state index >= 15 is 0 Å². The lowest BCUT2D eigenvalue weighted by Crippen LogP contribution is -2.36. The maximum absolute atomic E-state index is 12.4. The first kappa shape index (κ1) is 18.1. The van der Waals surface area contributed by atoms with Crippen LogP contribution in [0.4, 0.5) is 0 Å². The highest BCUT2D eigenvalue weighted by Crippen LogP contribution is 2.17. The number of amides is 1. The van der Waals surface area contributed by atoms with E-state index in [0.717, 1.165) is 15.9 Å². The summed E-state index contributed by atoms with van der Waals surface area (Å²) in [6, 6.07) is 7.63. The Labute approximate surface area is 155 Å². The average molecular weight is 427 g/mol. The van der Waals surface area contributed by atoms with Crippen molar-refractivity contribution in [3.63, 3.8) is 0 Å². The van der Waals surface area contributed by atoms with E-state index in [1.54, 1.807) is 4.68 Å². The van der Waals surface area contributed by atoms with Crippen LogP contribution >= 0.6 is 15.9 Å². The Morgan fingerprint density at radius 2 is 2.04 bits per heavy atom. The molecule has 1 fully saturated rings. The summed E-state index contributed by atoms with van der Waals surface area (Å²) in [5.41, 5.74) is 2.07. The predicted octanol–water partition coefficient (Wildman–Crippen LogP) is 1.71. The molecule has 0 bridgehead atoms. The van der Waals surface area contributed by atoms with E-state index < -0.39 is 10.0 Å². The van der Waals surface area contributed by atoms with E-state index in [1.165, 1.54) is 10.5 Å². The van der Waals surface area contributed by atoms with Crippen molar-refractivity contribution in [3.05, 3.63) is 46.2 Å². The lowest BCUT2D eigenvalue weighted by Gasteiger charge is -2.14. The number of carbonyl (C=O) groups excluding carboxylic acids is 1. The molecule has 7 nitrogen and oxygen atoms in total. The van der Waals surface area contributed by atoms with E-state index in [4.69, 9.17) is 0 Å². The summed E-state index contributed by atoms with van der Waals surface area (Å²) in [5.74, 6) is -0.0579. The highest BCUT2D eigenvalue weighted by molar-refractivity contribution is 9.10. The Bertz CT molecular complexity index is 877. The fourth-order valence-corrected chi connectivity index (χ4v) is 4.60. The maximum atomic E-state index is 12.4. The lowest BCUT2D eigenvalue weighted by molar-refractivity contribution is 0.0951. The number of nitrogens with zero attached hydrogens (tertiary/aromatic N) is 3. The van der Waals surface area contributed by atoms with Crippen LogP contribution in [0.1, 0.15) is 22.5 Å². The van der Waals surface area contributed by atoms with Crippen LogP contribution in [-0.4, -0.2) is 53.8 Å². The van der Waals surface area contributed by atoms with Crippen LogP contribution in [0.25, 0.3) is 5.69 Å². The molecule has 134 valence electrons. The molecule has 1 aromatic carbocycles. The van der Waals surface area contributed by atoms with Crippen LogP contribution in [0.5, 0.6) is 0 Å². The normalized spacial score (nSPS) is 16.9. The van der Waals surface area contributed by atoms with Gasteiger partial charge in [0.1, 0.15) is 0 Å². The van der Waals surface area contributed by atoms with E-state index in [9.17, 15) is 13.2 Å². The highest BCUT2D eigenvalue weighted by Gasteiger charge is 2.27. The zero-order valence-corrected chi connectivity index (χ0v) is 16.2. The topological polar surface area (TPSA) is 84.3 Å². The van der Waals surface area contributed by atoms with Crippen molar-refractivity contribution in [1.29, 1.82) is 0 Å². The van der Waals surface area contributed by atoms with Gasteiger partial charge in [-0.15, -0.1) is 0 Å². The molecule has 1 N–H and O–H groups in total. The van der Waals surface area contributed by atoms with E-state index in [2.05, 4.69) is 26.3 Å². The van der Waals surface area contributed by atoms with Gasteiger partial charge >= 0.3 is 0 Å². The van der Waals surface area contributed by atoms with Crippen molar-refractivity contribution < 1.29 is 13.2 Å².